The van der Waals surface area contributed by atoms with E-state index in [1.807, 2.05) is 12.3 Å². The average Bonchev–Trinajstić information content (AvgIpc) is 3.38. The molecule has 2 aliphatic rings. The largest absolute Gasteiger partial charge is 0.490 e. The van der Waals surface area contributed by atoms with Crippen LogP contribution >= 0.6 is 0 Å². The maximum Gasteiger partial charge on any atom is 0.225 e. The fourth-order valence-electron chi connectivity index (χ4n) is 4.23. The van der Waals surface area contributed by atoms with Crippen molar-refractivity contribution in [1.29, 1.82) is 0 Å². The van der Waals surface area contributed by atoms with Gasteiger partial charge in [-0.05, 0) is 36.8 Å². The van der Waals surface area contributed by atoms with Gasteiger partial charge in [-0.1, -0.05) is 0 Å². The van der Waals surface area contributed by atoms with E-state index in [2.05, 4.69) is 5.10 Å². The lowest BCUT2D eigenvalue weighted by atomic mass is 9.96. The van der Waals surface area contributed by atoms with Crippen molar-refractivity contribution in [3.8, 4) is 5.75 Å². The Kier molecular flexibility index (Phi) is 8.12. The molecule has 1 aromatic heterocycles. The number of carbonyl (C=O) groups is 2. The predicted octanol–water partition coefficient (Wildman–Crippen LogP) is 1.73. The van der Waals surface area contributed by atoms with Crippen LogP contribution < -0.4 is 4.74 Å². The third kappa shape index (κ3) is 6.54. The van der Waals surface area contributed by atoms with Crippen LogP contribution in [0.3, 0.4) is 0 Å². The number of rotatable bonds is 9. The molecule has 2 aromatic rings. The van der Waals surface area contributed by atoms with E-state index >= 15 is 0 Å². The van der Waals surface area contributed by atoms with E-state index in [1.165, 1.54) is 24.3 Å². The molecule has 4 rings (SSSR count). The van der Waals surface area contributed by atoms with Gasteiger partial charge in [-0.3, -0.25) is 14.3 Å². The third-order valence-electron chi connectivity index (χ3n) is 6.09. The molecule has 2 aliphatic heterocycles. The number of amides is 2. The van der Waals surface area contributed by atoms with Crippen molar-refractivity contribution in [1.82, 2.24) is 19.6 Å². The van der Waals surface area contributed by atoms with Gasteiger partial charge in [-0.15, -0.1) is 0 Å². The van der Waals surface area contributed by atoms with Crippen molar-refractivity contribution in [2.45, 2.75) is 31.4 Å². The summed E-state index contributed by atoms with van der Waals surface area (Å²) >= 11 is 0. The second kappa shape index (κ2) is 11.4. The van der Waals surface area contributed by atoms with Crippen molar-refractivity contribution in [2.24, 2.45) is 0 Å². The molecule has 10 heteroatoms. The van der Waals surface area contributed by atoms with Gasteiger partial charge >= 0.3 is 0 Å². The van der Waals surface area contributed by atoms with E-state index in [0.29, 0.717) is 64.6 Å². The van der Waals surface area contributed by atoms with Crippen molar-refractivity contribution < 1.29 is 28.2 Å². The minimum absolute atomic E-state index is 0.0143. The Hall–Kier alpha value is -2.98. The maximum atomic E-state index is 13.3. The summed E-state index contributed by atoms with van der Waals surface area (Å²) in [4.78, 5) is 29.6. The van der Waals surface area contributed by atoms with Gasteiger partial charge in [0.25, 0.3) is 0 Å². The van der Waals surface area contributed by atoms with Crippen LogP contribution in [-0.2, 0) is 25.6 Å². The molecule has 0 bridgehead atoms. The second-order valence-corrected chi connectivity index (χ2v) is 8.63. The van der Waals surface area contributed by atoms with Crippen molar-refractivity contribution in [3.05, 3.63) is 48.5 Å². The first kappa shape index (κ1) is 24.2. The summed E-state index contributed by atoms with van der Waals surface area (Å²) in [6.07, 6.45) is 4.72. The zero-order valence-corrected chi connectivity index (χ0v) is 19.2. The number of nitrogens with zero attached hydrogens (tertiary/aromatic N) is 4. The number of benzene rings is 1. The molecule has 0 radical (unpaired) electrons. The molecular weight excluding hydrogens is 443 g/mol. The molecule has 2 saturated heterocycles. The Labute approximate surface area is 198 Å². The van der Waals surface area contributed by atoms with E-state index in [4.69, 9.17) is 14.2 Å². The molecule has 3 heterocycles. The van der Waals surface area contributed by atoms with Crippen molar-refractivity contribution in [2.75, 3.05) is 52.6 Å². The third-order valence-corrected chi connectivity index (χ3v) is 6.09. The van der Waals surface area contributed by atoms with Crippen LogP contribution in [0.25, 0.3) is 0 Å². The first-order chi connectivity index (χ1) is 16.5. The molecule has 34 heavy (non-hydrogen) atoms. The van der Waals surface area contributed by atoms with Crippen LogP contribution in [0.1, 0.15) is 19.3 Å². The minimum Gasteiger partial charge on any atom is -0.490 e. The lowest BCUT2D eigenvalue weighted by Crippen LogP contribution is -2.58. The van der Waals surface area contributed by atoms with Gasteiger partial charge in [0.15, 0.2) is 0 Å². The highest BCUT2D eigenvalue weighted by molar-refractivity contribution is 5.79. The van der Waals surface area contributed by atoms with Gasteiger partial charge in [0, 0.05) is 45.0 Å². The Morgan fingerprint density at radius 3 is 2.56 bits per heavy atom. The minimum atomic E-state index is -0.986. The monoisotopic (exact) mass is 474 g/mol. The molecule has 2 amide bonds. The van der Waals surface area contributed by atoms with Crippen LogP contribution in [-0.4, -0.2) is 89.6 Å². The standard InChI is InChI=1S/C24H31FN4O5/c25-20-4-6-21(7-5-20)33-19-24(17-23(31)27-11-14-32-15-12-27)18-28(13-16-34-24)22(30)3-1-9-29-10-2-8-26-29/h2,4-8,10H,1,3,9,11-19H2/t24-/m1/s1. The summed E-state index contributed by atoms with van der Waals surface area (Å²) in [5.41, 5.74) is -0.986. The summed E-state index contributed by atoms with van der Waals surface area (Å²) in [7, 11) is 0. The highest BCUT2D eigenvalue weighted by Crippen LogP contribution is 2.26. The summed E-state index contributed by atoms with van der Waals surface area (Å²) < 4.78 is 32.5. The molecule has 0 aliphatic carbocycles. The molecule has 9 nitrogen and oxygen atoms in total. The van der Waals surface area contributed by atoms with Crippen LogP contribution in [0.2, 0.25) is 0 Å². The van der Waals surface area contributed by atoms with Gasteiger partial charge in [-0.25, -0.2) is 4.39 Å². The van der Waals surface area contributed by atoms with Crippen LogP contribution in [0.15, 0.2) is 42.7 Å². The quantitative estimate of drug-likeness (QED) is 0.550. The summed E-state index contributed by atoms with van der Waals surface area (Å²) in [5, 5.41) is 4.17. The molecule has 0 spiro atoms. The number of morpholine rings is 2. The zero-order valence-electron chi connectivity index (χ0n) is 19.2. The van der Waals surface area contributed by atoms with Gasteiger partial charge in [0.2, 0.25) is 11.8 Å². The number of aryl methyl sites for hydroxylation is 1. The Morgan fingerprint density at radius 1 is 1.06 bits per heavy atom. The number of hydrogen-bond acceptors (Lipinski definition) is 6. The van der Waals surface area contributed by atoms with E-state index in [9.17, 15) is 14.0 Å². The molecule has 1 atom stereocenters. The fourth-order valence-corrected chi connectivity index (χ4v) is 4.23. The number of aromatic nitrogens is 2. The summed E-state index contributed by atoms with van der Waals surface area (Å²) in [5.74, 6) is 0.0793. The first-order valence-electron chi connectivity index (χ1n) is 11.7. The first-order valence-corrected chi connectivity index (χ1v) is 11.7. The van der Waals surface area contributed by atoms with Gasteiger partial charge in [0.05, 0.1) is 32.8 Å². The average molecular weight is 475 g/mol. The van der Waals surface area contributed by atoms with Gasteiger partial charge in [-0.2, -0.15) is 5.10 Å². The lowest BCUT2D eigenvalue weighted by molar-refractivity contribution is -0.167. The number of carbonyl (C=O) groups excluding carboxylic acids is 2. The van der Waals surface area contributed by atoms with E-state index < -0.39 is 5.60 Å². The molecular formula is C24H31FN4O5. The number of ether oxygens (including phenoxy) is 3. The molecule has 0 saturated carbocycles. The summed E-state index contributed by atoms with van der Waals surface area (Å²) in [6, 6.07) is 7.56. The highest BCUT2D eigenvalue weighted by Gasteiger charge is 2.42. The fraction of sp³-hybridized carbons (Fsp3) is 0.542. The SMILES string of the molecule is O=C(C[C@]1(COc2ccc(F)cc2)CN(C(=O)CCCn2cccn2)CCO1)N1CCOCC1. The summed E-state index contributed by atoms with van der Waals surface area (Å²) in [6.45, 7) is 3.85. The molecule has 184 valence electrons. The Bertz CT molecular complexity index is 933. The van der Waals surface area contributed by atoms with E-state index in [-0.39, 0.29) is 37.2 Å². The lowest BCUT2D eigenvalue weighted by Gasteiger charge is -2.43. The highest BCUT2D eigenvalue weighted by atomic mass is 19.1. The van der Waals surface area contributed by atoms with Crippen molar-refractivity contribution in [3.63, 3.8) is 0 Å². The van der Waals surface area contributed by atoms with Crippen LogP contribution in [0, 0.1) is 5.82 Å². The molecule has 1 aromatic carbocycles. The van der Waals surface area contributed by atoms with Crippen LogP contribution in [0.4, 0.5) is 4.39 Å². The molecule has 0 unspecified atom stereocenters. The Balaban J connectivity index is 1.41. The predicted molar refractivity (Wildman–Crippen MR) is 121 cm³/mol. The molecule has 2 fully saturated rings. The Morgan fingerprint density at radius 2 is 1.82 bits per heavy atom. The maximum absolute atomic E-state index is 13.3. The van der Waals surface area contributed by atoms with Gasteiger partial charge in [0.1, 0.15) is 23.8 Å². The normalized spacial score (nSPS) is 20.9. The van der Waals surface area contributed by atoms with Gasteiger partial charge < -0.3 is 24.0 Å². The van der Waals surface area contributed by atoms with E-state index in [0.717, 1.165) is 0 Å². The smallest absolute Gasteiger partial charge is 0.225 e. The number of hydrogen-bond donors (Lipinski definition) is 0. The molecule has 0 N–H and O–H groups in total. The second-order valence-electron chi connectivity index (χ2n) is 8.63. The zero-order chi connectivity index (χ0) is 23.8. The van der Waals surface area contributed by atoms with Crippen LogP contribution in [0.5, 0.6) is 5.75 Å². The van der Waals surface area contributed by atoms with Crippen molar-refractivity contribution >= 4 is 11.8 Å². The number of halogens is 1. The topological polar surface area (TPSA) is 86.1 Å². The van der Waals surface area contributed by atoms with E-state index in [1.54, 1.807) is 20.7 Å².